The Morgan fingerprint density at radius 1 is 1.53 bits per heavy atom. The summed E-state index contributed by atoms with van der Waals surface area (Å²) in [7, 11) is 0. The van der Waals surface area contributed by atoms with Crippen molar-refractivity contribution in [3.8, 4) is 0 Å². The minimum Gasteiger partial charge on any atom is -0.321 e. The molecule has 0 radical (unpaired) electrons. The first-order valence-corrected chi connectivity index (χ1v) is 6.25. The highest BCUT2D eigenvalue weighted by Crippen LogP contribution is 2.24. The molecule has 1 aromatic carbocycles. The van der Waals surface area contributed by atoms with Crippen LogP contribution in [-0.4, -0.2) is 20.4 Å². The highest BCUT2D eigenvalue weighted by atomic mass is 32.1. The first-order chi connectivity index (χ1) is 9.11. The van der Waals surface area contributed by atoms with Crippen LogP contribution in [0.15, 0.2) is 24.4 Å². The molecule has 7 nitrogen and oxygen atoms in total. The van der Waals surface area contributed by atoms with Crippen LogP contribution in [0, 0.1) is 10.1 Å². The Morgan fingerprint density at radius 3 is 2.89 bits per heavy atom. The van der Waals surface area contributed by atoms with Crippen LogP contribution in [-0.2, 0) is 6.42 Å². The Bertz CT molecular complexity index is 612. The molecule has 2 rings (SSSR count). The second-order valence-electron chi connectivity index (χ2n) is 3.69. The van der Waals surface area contributed by atoms with Crippen molar-refractivity contribution >= 4 is 28.8 Å². The summed E-state index contributed by atoms with van der Waals surface area (Å²) in [6.07, 6.45) is 1.90. The van der Waals surface area contributed by atoms with E-state index in [1.165, 1.54) is 12.3 Å². The Hall–Kier alpha value is -2.35. The van der Waals surface area contributed by atoms with E-state index in [9.17, 15) is 14.9 Å². The molecule has 1 aromatic heterocycles. The third kappa shape index (κ3) is 2.91. The van der Waals surface area contributed by atoms with Gasteiger partial charge in [0, 0.05) is 17.3 Å². The van der Waals surface area contributed by atoms with Crippen LogP contribution in [0.1, 0.15) is 22.2 Å². The summed E-state index contributed by atoms with van der Waals surface area (Å²) in [5.41, 5.74) is 1.01. The third-order valence-electron chi connectivity index (χ3n) is 2.51. The van der Waals surface area contributed by atoms with Crippen LogP contribution >= 0.6 is 11.5 Å². The molecule has 1 N–H and O–H groups in total. The summed E-state index contributed by atoms with van der Waals surface area (Å²) in [5, 5.41) is 17.1. The number of aromatic nitrogens is 2. The molecule has 19 heavy (non-hydrogen) atoms. The molecule has 0 fully saturated rings. The van der Waals surface area contributed by atoms with Crippen LogP contribution in [0.3, 0.4) is 0 Å². The monoisotopic (exact) mass is 278 g/mol. The van der Waals surface area contributed by atoms with Crippen molar-refractivity contribution in [2.45, 2.75) is 13.3 Å². The maximum atomic E-state index is 11.8. The van der Waals surface area contributed by atoms with E-state index >= 15 is 0 Å². The standard InChI is InChI=1S/C11H10N4O3S/c1-2-7-3-4-8(5-9(7)15(17)18)13-11(16)10-6-12-14-19-10/h3-6H,2H2,1H3,(H,13,16). The van der Waals surface area contributed by atoms with Gasteiger partial charge in [0.15, 0.2) is 0 Å². The van der Waals surface area contributed by atoms with Crippen molar-refractivity contribution in [1.82, 2.24) is 9.59 Å². The number of nitrogens with zero attached hydrogens (tertiary/aromatic N) is 3. The molecular formula is C11H10N4O3S. The number of anilines is 1. The lowest BCUT2D eigenvalue weighted by Crippen LogP contribution is -2.10. The van der Waals surface area contributed by atoms with Crippen LogP contribution in [0.4, 0.5) is 11.4 Å². The SMILES string of the molecule is CCc1ccc(NC(=O)c2cnns2)cc1[N+](=O)[O-]. The van der Waals surface area contributed by atoms with Gasteiger partial charge >= 0.3 is 0 Å². The van der Waals surface area contributed by atoms with Gasteiger partial charge in [-0.1, -0.05) is 17.5 Å². The fourth-order valence-corrected chi connectivity index (χ4v) is 1.98. The van der Waals surface area contributed by atoms with Gasteiger partial charge in [-0.15, -0.1) is 5.10 Å². The molecule has 0 aliphatic heterocycles. The molecule has 0 spiro atoms. The van der Waals surface area contributed by atoms with Gasteiger partial charge in [-0.25, -0.2) is 0 Å². The van der Waals surface area contributed by atoms with Crippen molar-refractivity contribution < 1.29 is 9.72 Å². The molecule has 0 unspecified atom stereocenters. The number of benzene rings is 1. The Kier molecular flexibility index (Phi) is 3.81. The van der Waals surface area contributed by atoms with Crippen LogP contribution in [0.2, 0.25) is 0 Å². The number of nitro groups is 1. The quantitative estimate of drug-likeness (QED) is 0.683. The number of hydrogen-bond acceptors (Lipinski definition) is 6. The second-order valence-corrected chi connectivity index (χ2v) is 4.48. The summed E-state index contributed by atoms with van der Waals surface area (Å²) >= 11 is 0.961. The third-order valence-corrected chi connectivity index (χ3v) is 3.17. The average Bonchev–Trinajstić information content (AvgIpc) is 2.92. The zero-order valence-corrected chi connectivity index (χ0v) is 10.8. The molecule has 0 bridgehead atoms. The first kappa shape index (κ1) is 13.1. The van der Waals surface area contributed by atoms with E-state index in [1.807, 2.05) is 6.92 Å². The maximum absolute atomic E-state index is 11.8. The fraction of sp³-hybridized carbons (Fsp3) is 0.182. The number of nitro benzene ring substituents is 1. The number of amides is 1. The van der Waals surface area contributed by atoms with Crippen molar-refractivity contribution in [1.29, 1.82) is 0 Å². The van der Waals surface area contributed by atoms with Gasteiger partial charge < -0.3 is 5.32 Å². The Morgan fingerprint density at radius 2 is 2.32 bits per heavy atom. The van der Waals surface area contributed by atoms with Crippen LogP contribution < -0.4 is 5.32 Å². The van der Waals surface area contributed by atoms with E-state index in [0.717, 1.165) is 11.5 Å². The Balaban J connectivity index is 2.24. The summed E-state index contributed by atoms with van der Waals surface area (Å²) in [6.45, 7) is 1.84. The number of nitrogens with one attached hydrogen (secondary N) is 1. The van der Waals surface area contributed by atoms with E-state index in [-0.39, 0.29) is 11.6 Å². The minimum absolute atomic E-state index is 0.00253. The van der Waals surface area contributed by atoms with Gasteiger partial charge in [-0.05, 0) is 24.0 Å². The smallest absolute Gasteiger partial charge is 0.274 e. The average molecular weight is 278 g/mol. The zero-order chi connectivity index (χ0) is 13.8. The molecule has 0 aliphatic rings. The van der Waals surface area contributed by atoms with E-state index in [2.05, 4.69) is 14.9 Å². The van der Waals surface area contributed by atoms with Crippen molar-refractivity contribution in [3.63, 3.8) is 0 Å². The van der Waals surface area contributed by atoms with E-state index in [0.29, 0.717) is 22.5 Å². The normalized spacial score (nSPS) is 10.2. The van der Waals surface area contributed by atoms with E-state index < -0.39 is 4.92 Å². The Labute approximate surface area is 112 Å². The van der Waals surface area contributed by atoms with E-state index in [1.54, 1.807) is 12.1 Å². The van der Waals surface area contributed by atoms with Gasteiger partial charge in [0.05, 0.1) is 11.1 Å². The highest BCUT2D eigenvalue weighted by Gasteiger charge is 2.15. The lowest BCUT2D eigenvalue weighted by atomic mass is 10.1. The predicted octanol–water partition coefficient (Wildman–Crippen LogP) is 2.26. The van der Waals surface area contributed by atoms with Crippen LogP contribution in [0.25, 0.3) is 0 Å². The second kappa shape index (κ2) is 5.53. The van der Waals surface area contributed by atoms with Gasteiger partial charge in [0.1, 0.15) is 4.88 Å². The van der Waals surface area contributed by atoms with Crippen LogP contribution in [0.5, 0.6) is 0 Å². The lowest BCUT2D eigenvalue weighted by Gasteiger charge is -2.05. The van der Waals surface area contributed by atoms with Gasteiger partial charge in [0.25, 0.3) is 11.6 Å². The molecule has 1 amide bonds. The highest BCUT2D eigenvalue weighted by molar-refractivity contribution is 7.07. The summed E-state index contributed by atoms with van der Waals surface area (Å²) in [5.74, 6) is -0.381. The zero-order valence-electron chi connectivity index (χ0n) is 9.99. The number of carbonyl (C=O) groups is 1. The number of aryl methyl sites for hydroxylation is 1. The molecule has 8 heteroatoms. The first-order valence-electron chi connectivity index (χ1n) is 5.48. The summed E-state index contributed by atoms with van der Waals surface area (Å²) in [6, 6.07) is 4.63. The molecule has 0 atom stereocenters. The predicted molar refractivity (Wildman–Crippen MR) is 70.3 cm³/mol. The number of carbonyl (C=O) groups excluding carboxylic acids is 1. The molecule has 0 saturated heterocycles. The molecule has 1 heterocycles. The molecule has 98 valence electrons. The van der Waals surface area contributed by atoms with Gasteiger partial charge in [-0.3, -0.25) is 14.9 Å². The molecule has 2 aromatic rings. The summed E-state index contributed by atoms with van der Waals surface area (Å²) in [4.78, 5) is 22.6. The van der Waals surface area contributed by atoms with Gasteiger partial charge in [-0.2, -0.15) is 0 Å². The van der Waals surface area contributed by atoms with Crippen molar-refractivity contribution in [2.24, 2.45) is 0 Å². The number of rotatable bonds is 4. The largest absolute Gasteiger partial charge is 0.321 e. The van der Waals surface area contributed by atoms with Crippen molar-refractivity contribution in [2.75, 3.05) is 5.32 Å². The summed E-state index contributed by atoms with van der Waals surface area (Å²) < 4.78 is 3.58. The topological polar surface area (TPSA) is 98.0 Å². The molecular weight excluding hydrogens is 268 g/mol. The number of hydrogen-bond donors (Lipinski definition) is 1. The minimum atomic E-state index is -0.456. The fourth-order valence-electron chi connectivity index (χ4n) is 1.57. The van der Waals surface area contributed by atoms with Crippen molar-refractivity contribution in [3.05, 3.63) is 45.0 Å². The maximum Gasteiger partial charge on any atom is 0.274 e. The van der Waals surface area contributed by atoms with E-state index in [4.69, 9.17) is 0 Å². The molecule has 0 aliphatic carbocycles. The van der Waals surface area contributed by atoms with Gasteiger partial charge in [0.2, 0.25) is 0 Å². The lowest BCUT2D eigenvalue weighted by molar-refractivity contribution is -0.385. The molecule has 0 saturated carbocycles.